The summed E-state index contributed by atoms with van der Waals surface area (Å²) in [4.78, 5) is 17.7. The molecule has 2 aromatic rings. The Bertz CT molecular complexity index is 603. The van der Waals surface area contributed by atoms with E-state index in [0.29, 0.717) is 0 Å². The molecule has 5 nitrogen and oxygen atoms in total. The highest BCUT2D eigenvalue weighted by molar-refractivity contribution is 5.37. The summed E-state index contributed by atoms with van der Waals surface area (Å²) in [6.07, 6.45) is 10.5. The van der Waals surface area contributed by atoms with E-state index in [2.05, 4.69) is 36.9 Å². The Morgan fingerprint density at radius 1 is 0.955 bits per heavy atom. The van der Waals surface area contributed by atoms with Crippen LogP contribution in [0.15, 0.2) is 43.1 Å². The number of hydrogen-bond acceptors (Lipinski definition) is 5. The van der Waals surface area contributed by atoms with Gasteiger partial charge in [0.25, 0.3) is 0 Å². The second-order valence-corrected chi connectivity index (χ2v) is 6.37. The van der Waals surface area contributed by atoms with Gasteiger partial charge in [-0.15, -0.1) is 0 Å². The fourth-order valence-corrected chi connectivity index (χ4v) is 3.78. The lowest BCUT2D eigenvalue weighted by Gasteiger charge is -2.34. The molecule has 0 spiro atoms. The summed E-state index contributed by atoms with van der Waals surface area (Å²) in [7, 11) is 0. The van der Waals surface area contributed by atoms with Crippen molar-refractivity contribution in [3.05, 3.63) is 48.7 Å². The van der Waals surface area contributed by atoms with Crippen LogP contribution in [0.25, 0.3) is 0 Å². The average molecular weight is 295 g/mol. The van der Waals surface area contributed by atoms with E-state index >= 15 is 0 Å². The minimum absolute atomic E-state index is 0.748. The number of fused-ring (bicyclic) bond motifs is 1. The molecule has 114 valence electrons. The summed E-state index contributed by atoms with van der Waals surface area (Å²) in [5.74, 6) is 2.57. The van der Waals surface area contributed by atoms with Crippen molar-refractivity contribution in [3.8, 4) is 0 Å². The van der Waals surface area contributed by atoms with Crippen LogP contribution < -0.4 is 4.90 Å². The molecule has 0 unspecified atom stereocenters. The lowest BCUT2D eigenvalue weighted by Crippen LogP contribution is -2.39. The van der Waals surface area contributed by atoms with Gasteiger partial charge in [-0.1, -0.05) is 0 Å². The van der Waals surface area contributed by atoms with Crippen LogP contribution in [0, 0.1) is 11.8 Å². The molecule has 2 aliphatic heterocycles. The van der Waals surface area contributed by atoms with Gasteiger partial charge in [-0.25, -0.2) is 4.98 Å². The van der Waals surface area contributed by atoms with Crippen LogP contribution in [0.5, 0.6) is 0 Å². The zero-order valence-corrected chi connectivity index (χ0v) is 12.7. The summed E-state index contributed by atoms with van der Waals surface area (Å²) in [5, 5.41) is 0. The Labute approximate surface area is 131 Å². The minimum atomic E-state index is 0.748. The molecule has 5 heteroatoms. The monoisotopic (exact) mass is 295 g/mol. The highest BCUT2D eigenvalue weighted by Crippen LogP contribution is 2.33. The molecular weight excluding hydrogens is 274 g/mol. The van der Waals surface area contributed by atoms with E-state index < -0.39 is 0 Å². The molecule has 0 aliphatic carbocycles. The van der Waals surface area contributed by atoms with Crippen molar-refractivity contribution in [1.29, 1.82) is 0 Å². The molecular formula is C17H21N5. The van der Waals surface area contributed by atoms with Gasteiger partial charge in [0, 0.05) is 51.0 Å². The van der Waals surface area contributed by atoms with Crippen molar-refractivity contribution in [3.63, 3.8) is 0 Å². The third kappa shape index (κ3) is 2.81. The van der Waals surface area contributed by atoms with E-state index in [-0.39, 0.29) is 0 Å². The number of likely N-dealkylation sites (tertiary alicyclic amines) is 1. The van der Waals surface area contributed by atoms with Gasteiger partial charge in [0.1, 0.15) is 5.82 Å². The van der Waals surface area contributed by atoms with Crippen molar-refractivity contribution in [2.45, 2.75) is 13.0 Å². The number of nitrogens with zero attached hydrogens (tertiary/aromatic N) is 5. The quantitative estimate of drug-likeness (QED) is 0.864. The van der Waals surface area contributed by atoms with Crippen LogP contribution in [0.2, 0.25) is 0 Å². The van der Waals surface area contributed by atoms with E-state index in [1.807, 2.05) is 18.6 Å². The summed E-state index contributed by atoms with van der Waals surface area (Å²) in [5.41, 5.74) is 1.36. The molecule has 2 aromatic heterocycles. The number of rotatable bonds is 3. The molecule has 2 saturated heterocycles. The third-order valence-corrected chi connectivity index (χ3v) is 4.91. The second kappa shape index (κ2) is 6.01. The van der Waals surface area contributed by atoms with E-state index in [1.165, 1.54) is 25.1 Å². The Hall–Kier alpha value is -2.01. The molecule has 2 atom stereocenters. The number of aromatic nitrogens is 3. The largest absolute Gasteiger partial charge is 0.355 e. The highest BCUT2D eigenvalue weighted by Gasteiger charge is 2.37. The molecule has 0 bridgehead atoms. The topological polar surface area (TPSA) is 45.2 Å². The average Bonchev–Trinajstić information content (AvgIpc) is 3.00. The zero-order valence-electron chi connectivity index (χ0n) is 12.7. The number of piperidine rings is 1. The Morgan fingerprint density at radius 2 is 1.82 bits per heavy atom. The van der Waals surface area contributed by atoms with E-state index in [0.717, 1.165) is 37.3 Å². The highest BCUT2D eigenvalue weighted by atomic mass is 15.2. The molecule has 0 radical (unpaired) electrons. The molecule has 2 aliphatic rings. The summed E-state index contributed by atoms with van der Waals surface area (Å²) < 4.78 is 0. The Morgan fingerprint density at radius 3 is 2.64 bits per heavy atom. The summed E-state index contributed by atoms with van der Waals surface area (Å²) >= 11 is 0. The first kappa shape index (κ1) is 13.6. The van der Waals surface area contributed by atoms with Crippen molar-refractivity contribution in [2.75, 3.05) is 31.1 Å². The normalized spacial score (nSPS) is 25.2. The van der Waals surface area contributed by atoms with Gasteiger partial charge >= 0.3 is 0 Å². The molecule has 2 fully saturated rings. The first-order valence-corrected chi connectivity index (χ1v) is 8.01. The number of hydrogen-bond donors (Lipinski definition) is 0. The smallest absolute Gasteiger partial charge is 0.147 e. The maximum absolute atomic E-state index is 4.45. The van der Waals surface area contributed by atoms with Crippen LogP contribution in [-0.4, -0.2) is 46.0 Å². The van der Waals surface area contributed by atoms with Crippen molar-refractivity contribution < 1.29 is 0 Å². The van der Waals surface area contributed by atoms with Gasteiger partial charge in [0.15, 0.2) is 0 Å². The molecule has 22 heavy (non-hydrogen) atoms. The van der Waals surface area contributed by atoms with E-state index in [9.17, 15) is 0 Å². The lowest BCUT2D eigenvalue weighted by atomic mass is 9.88. The predicted molar refractivity (Wildman–Crippen MR) is 85.4 cm³/mol. The first-order chi connectivity index (χ1) is 10.9. The first-order valence-electron chi connectivity index (χ1n) is 8.01. The van der Waals surface area contributed by atoms with Gasteiger partial charge in [-0.05, 0) is 42.5 Å². The number of pyridine rings is 1. The second-order valence-electron chi connectivity index (χ2n) is 6.37. The Balaban J connectivity index is 1.39. The maximum Gasteiger partial charge on any atom is 0.147 e. The predicted octanol–water partition coefficient (Wildman–Crippen LogP) is 1.83. The molecule has 0 saturated carbocycles. The Kier molecular flexibility index (Phi) is 3.72. The van der Waals surface area contributed by atoms with Crippen LogP contribution >= 0.6 is 0 Å². The van der Waals surface area contributed by atoms with Crippen LogP contribution in [-0.2, 0) is 6.54 Å². The summed E-state index contributed by atoms with van der Waals surface area (Å²) in [6, 6.07) is 4.24. The third-order valence-electron chi connectivity index (χ3n) is 4.91. The molecule has 4 rings (SSSR count). The van der Waals surface area contributed by atoms with Crippen molar-refractivity contribution in [2.24, 2.45) is 11.8 Å². The summed E-state index contributed by atoms with van der Waals surface area (Å²) in [6.45, 7) is 5.65. The fourth-order valence-electron chi connectivity index (χ4n) is 3.78. The molecule has 0 amide bonds. The van der Waals surface area contributed by atoms with Crippen LogP contribution in [0.1, 0.15) is 12.0 Å². The van der Waals surface area contributed by atoms with Crippen molar-refractivity contribution >= 4 is 5.82 Å². The molecule has 0 aromatic carbocycles. The van der Waals surface area contributed by atoms with E-state index in [4.69, 9.17) is 0 Å². The fraction of sp³-hybridized carbons (Fsp3) is 0.471. The van der Waals surface area contributed by atoms with Gasteiger partial charge < -0.3 is 4.90 Å². The SMILES string of the molecule is c1cc(CN2CC[C@@H]3CN(c4cnccn4)C[C@@H]3C2)ccn1. The van der Waals surface area contributed by atoms with E-state index in [1.54, 1.807) is 12.4 Å². The lowest BCUT2D eigenvalue weighted by molar-refractivity contribution is 0.142. The zero-order chi connectivity index (χ0) is 14.8. The van der Waals surface area contributed by atoms with Gasteiger partial charge in [0.05, 0.1) is 6.20 Å². The molecule has 4 heterocycles. The molecule has 0 N–H and O–H groups in total. The van der Waals surface area contributed by atoms with Gasteiger partial charge in [0.2, 0.25) is 0 Å². The van der Waals surface area contributed by atoms with Crippen molar-refractivity contribution in [1.82, 2.24) is 19.9 Å². The van der Waals surface area contributed by atoms with Gasteiger partial charge in [-0.3, -0.25) is 14.9 Å². The van der Waals surface area contributed by atoms with Gasteiger partial charge in [-0.2, -0.15) is 0 Å². The standard InChI is InChI=1S/C17H21N5/c1-4-18-5-2-14(1)10-21-8-3-15-12-22(13-16(15)11-21)17-9-19-6-7-20-17/h1-2,4-7,9,15-16H,3,8,10-13H2/t15-,16+/m1/s1. The maximum atomic E-state index is 4.45. The number of anilines is 1. The minimum Gasteiger partial charge on any atom is -0.355 e. The van der Waals surface area contributed by atoms with Crippen LogP contribution in [0.3, 0.4) is 0 Å². The van der Waals surface area contributed by atoms with Crippen LogP contribution in [0.4, 0.5) is 5.82 Å².